The fraction of sp³-hybridized carbons (Fsp3) is 0.706. The first-order chi connectivity index (χ1) is 13.8. The van der Waals surface area contributed by atoms with Crippen LogP contribution in [0.15, 0.2) is 0 Å². The molecule has 0 aromatic rings. The summed E-state index contributed by atoms with van der Waals surface area (Å²) in [6, 6.07) is -5.22. The van der Waals surface area contributed by atoms with Gasteiger partial charge in [0.15, 0.2) is 0 Å². The van der Waals surface area contributed by atoms with Crippen LogP contribution in [0.1, 0.15) is 33.6 Å². The zero-order valence-electron chi connectivity index (χ0n) is 17.1. The molecule has 6 atom stereocenters. The lowest BCUT2D eigenvalue weighted by Gasteiger charge is -2.28. The first kappa shape index (κ1) is 27.6. The number of aliphatic carboxylic acids is 1. The Kier molecular flexibility index (Phi) is 12.0. The van der Waals surface area contributed by atoms with Crippen LogP contribution in [0.25, 0.3) is 0 Å². The number of rotatable bonds is 13. The average molecular weight is 450 g/mol. The molecule has 6 unspecified atom stereocenters. The molecule has 0 saturated carbocycles. The molecule has 0 rings (SSSR count). The predicted octanol–water partition coefficient (Wildman–Crippen LogP) is -2.92. The molecule has 9 N–H and O–H groups in total. The minimum absolute atomic E-state index is 0.221. The normalized spacial score (nSPS) is 16.9. The zero-order chi connectivity index (χ0) is 23.6. The van der Waals surface area contributed by atoms with Crippen molar-refractivity contribution in [2.45, 2.75) is 63.9 Å². The molecule has 0 radical (unpaired) electrons. The lowest BCUT2D eigenvalue weighted by atomic mass is 9.97. The molecule has 0 bridgehead atoms. The van der Waals surface area contributed by atoms with E-state index < -0.39 is 72.2 Å². The van der Waals surface area contributed by atoms with E-state index in [4.69, 9.17) is 16.6 Å². The Balaban J connectivity index is 5.51. The van der Waals surface area contributed by atoms with Crippen LogP contribution in [-0.4, -0.2) is 75.8 Å². The van der Waals surface area contributed by atoms with Crippen molar-refractivity contribution in [3.8, 4) is 0 Å². The van der Waals surface area contributed by atoms with Crippen LogP contribution < -0.4 is 27.4 Å². The minimum atomic E-state index is -1.47. The van der Waals surface area contributed by atoms with Crippen LogP contribution >= 0.6 is 12.6 Å². The summed E-state index contributed by atoms with van der Waals surface area (Å²) in [7, 11) is 0. The summed E-state index contributed by atoms with van der Waals surface area (Å²) in [5, 5.41) is 25.4. The first-order valence-corrected chi connectivity index (χ1v) is 9.95. The Hall–Kier alpha value is -2.38. The maximum Gasteiger partial charge on any atom is 0.327 e. The number of aliphatic hydroxyl groups excluding tert-OH is 1. The Morgan fingerprint density at radius 3 is 1.90 bits per heavy atom. The number of carbonyl (C=O) groups excluding carboxylic acids is 4. The summed E-state index contributed by atoms with van der Waals surface area (Å²) >= 11 is 3.83. The smallest absolute Gasteiger partial charge is 0.327 e. The van der Waals surface area contributed by atoms with Crippen molar-refractivity contribution in [2.24, 2.45) is 17.4 Å². The molecule has 12 nitrogen and oxygen atoms in total. The molecule has 0 heterocycles. The van der Waals surface area contributed by atoms with Crippen LogP contribution in [-0.2, 0) is 24.0 Å². The number of aliphatic hydroxyl groups is 1. The number of hydrogen-bond donors (Lipinski definition) is 8. The van der Waals surface area contributed by atoms with Gasteiger partial charge >= 0.3 is 5.97 Å². The summed E-state index contributed by atoms with van der Waals surface area (Å²) in [6.07, 6.45) is -1.28. The van der Waals surface area contributed by atoms with Crippen molar-refractivity contribution in [3.05, 3.63) is 0 Å². The van der Waals surface area contributed by atoms with Gasteiger partial charge in [-0.05, 0) is 12.8 Å². The van der Waals surface area contributed by atoms with Crippen LogP contribution in [0.4, 0.5) is 0 Å². The van der Waals surface area contributed by atoms with E-state index in [2.05, 4.69) is 28.6 Å². The SMILES string of the molecule is CCC(C)C(NC(=O)C(N)C(C)O)C(=O)NC(CC(N)=O)C(=O)NC(CS)C(=O)O. The van der Waals surface area contributed by atoms with Crippen molar-refractivity contribution < 1.29 is 34.2 Å². The van der Waals surface area contributed by atoms with Gasteiger partial charge in [0.25, 0.3) is 0 Å². The lowest BCUT2D eigenvalue weighted by molar-refractivity contribution is -0.142. The van der Waals surface area contributed by atoms with E-state index in [1.807, 2.05) is 0 Å². The summed E-state index contributed by atoms with van der Waals surface area (Å²) in [5.74, 6) is -5.39. The van der Waals surface area contributed by atoms with Crippen molar-refractivity contribution >= 4 is 42.2 Å². The lowest BCUT2D eigenvalue weighted by Crippen LogP contribution is -2.60. The van der Waals surface area contributed by atoms with E-state index in [1.54, 1.807) is 13.8 Å². The quantitative estimate of drug-likeness (QED) is 0.136. The molecule has 4 amide bonds. The Bertz CT molecular complexity index is 646. The molecule has 0 aromatic carbocycles. The van der Waals surface area contributed by atoms with Crippen molar-refractivity contribution in [1.29, 1.82) is 0 Å². The topological polar surface area (TPSA) is 214 Å². The second-order valence-corrected chi connectivity index (χ2v) is 7.32. The molecule has 30 heavy (non-hydrogen) atoms. The molecule has 13 heteroatoms. The van der Waals surface area contributed by atoms with Gasteiger partial charge in [0.2, 0.25) is 23.6 Å². The Labute approximate surface area is 179 Å². The number of carbonyl (C=O) groups is 5. The van der Waals surface area contributed by atoms with E-state index in [9.17, 15) is 29.1 Å². The Morgan fingerprint density at radius 2 is 1.50 bits per heavy atom. The number of hydrogen-bond acceptors (Lipinski definition) is 8. The minimum Gasteiger partial charge on any atom is -0.480 e. The van der Waals surface area contributed by atoms with Gasteiger partial charge < -0.3 is 37.6 Å². The zero-order valence-corrected chi connectivity index (χ0v) is 18.0. The second-order valence-electron chi connectivity index (χ2n) is 6.95. The molecule has 172 valence electrons. The van der Waals surface area contributed by atoms with E-state index in [-0.39, 0.29) is 5.75 Å². The number of thiol groups is 1. The summed E-state index contributed by atoms with van der Waals surface area (Å²) in [4.78, 5) is 59.8. The van der Waals surface area contributed by atoms with Gasteiger partial charge in [0, 0.05) is 5.75 Å². The van der Waals surface area contributed by atoms with E-state index in [1.165, 1.54) is 6.92 Å². The monoisotopic (exact) mass is 449 g/mol. The van der Waals surface area contributed by atoms with Gasteiger partial charge in [0.05, 0.1) is 12.5 Å². The van der Waals surface area contributed by atoms with Crippen molar-refractivity contribution in [1.82, 2.24) is 16.0 Å². The molecular weight excluding hydrogens is 418 g/mol. The van der Waals surface area contributed by atoms with Crippen LogP contribution in [0, 0.1) is 5.92 Å². The molecular formula is C17H31N5O7S. The maximum absolute atomic E-state index is 12.8. The largest absolute Gasteiger partial charge is 0.480 e. The third kappa shape index (κ3) is 8.97. The number of nitrogens with two attached hydrogens (primary N) is 2. The molecule has 0 spiro atoms. The highest BCUT2D eigenvalue weighted by Gasteiger charge is 2.33. The number of carboxylic acid groups (broad SMARTS) is 1. The summed E-state index contributed by atoms with van der Waals surface area (Å²) < 4.78 is 0. The van der Waals surface area contributed by atoms with Gasteiger partial charge in [-0.25, -0.2) is 4.79 Å². The second kappa shape index (κ2) is 13.0. The molecule has 0 saturated heterocycles. The highest BCUT2D eigenvalue weighted by Crippen LogP contribution is 2.10. The average Bonchev–Trinajstić information content (AvgIpc) is 2.66. The molecule has 0 aliphatic heterocycles. The van der Waals surface area contributed by atoms with Crippen molar-refractivity contribution in [3.63, 3.8) is 0 Å². The Morgan fingerprint density at radius 1 is 0.967 bits per heavy atom. The maximum atomic E-state index is 12.8. The van der Waals surface area contributed by atoms with Gasteiger partial charge in [-0.3, -0.25) is 19.2 Å². The number of primary amides is 1. The third-order valence-corrected chi connectivity index (χ3v) is 4.82. The number of nitrogens with one attached hydrogen (secondary N) is 3. The summed E-state index contributed by atoms with van der Waals surface area (Å²) in [6.45, 7) is 4.75. The third-order valence-electron chi connectivity index (χ3n) is 4.45. The van der Waals surface area contributed by atoms with E-state index in [0.29, 0.717) is 6.42 Å². The molecule has 0 aromatic heterocycles. The number of amides is 4. The standard InChI is InChI=1S/C17H31N5O7S/c1-4-7(2)13(22-15(26)12(19)8(3)23)16(27)20-9(5-11(18)24)14(25)21-10(6-30)17(28)29/h7-10,12-13,23,30H,4-6,19H2,1-3H3,(H2,18,24)(H,20,27)(H,21,25)(H,22,26)(H,28,29). The predicted molar refractivity (Wildman–Crippen MR) is 110 cm³/mol. The van der Waals surface area contributed by atoms with Crippen molar-refractivity contribution in [2.75, 3.05) is 5.75 Å². The van der Waals surface area contributed by atoms with E-state index in [0.717, 1.165) is 0 Å². The number of carboxylic acids is 1. The fourth-order valence-corrected chi connectivity index (χ4v) is 2.55. The first-order valence-electron chi connectivity index (χ1n) is 9.32. The van der Waals surface area contributed by atoms with Gasteiger partial charge in [-0.15, -0.1) is 0 Å². The molecule has 0 aliphatic rings. The molecule has 0 fully saturated rings. The van der Waals surface area contributed by atoms with Gasteiger partial charge in [0.1, 0.15) is 24.2 Å². The van der Waals surface area contributed by atoms with Gasteiger partial charge in [-0.1, -0.05) is 20.3 Å². The fourth-order valence-electron chi connectivity index (χ4n) is 2.30. The summed E-state index contributed by atoms with van der Waals surface area (Å²) in [5.41, 5.74) is 10.7. The highest BCUT2D eigenvalue weighted by molar-refractivity contribution is 7.80. The molecule has 0 aliphatic carbocycles. The van der Waals surface area contributed by atoms with Gasteiger partial charge in [-0.2, -0.15) is 12.6 Å². The van der Waals surface area contributed by atoms with Crippen LogP contribution in [0.5, 0.6) is 0 Å². The van der Waals surface area contributed by atoms with E-state index >= 15 is 0 Å². The van der Waals surface area contributed by atoms with Crippen LogP contribution in [0.2, 0.25) is 0 Å². The van der Waals surface area contributed by atoms with Crippen LogP contribution in [0.3, 0.4) is 0 Å². The highest BCUT2D eigenvalue weighted by atomic mass is 32.1.